The lowest BCUT2D eigenvalue weighted by Crippen LogP contribution is -2.38. The summed E-state index contributed by atoms with van der Waals surface area (Å²) in [4.78, 5) is 25.1. The van der Waals surface area contributed by atoms with Crippen LogP contribution in [0.1, 0.15) is 42.6 Å². The minimum absolute atomic E-state index is 0.0957. The number of furan rings is 1. The molecule has 0 aliphatic heterocycles. The van der Waals surface area contributed by atoms with Gasteiger partial charge in [0.15, 0.2) is 5.76 Å². The Balaban J connectivity index is 1.41. The highest BCUT2D eigenvalue weighted by atomic mass is 16.3. The lowest BCUT2D eigenvalue weighted by Gasteiger charge is -2.20. The van der Waals surface area contributed by atoms with E-state index in [0.29, 0.717) is 30.2 Å². The molecule has 7 heteroatoms. The number of amides is 2. The van der Waals surface area contributed by atoms with Gasteiger partial charge in [-0.2, -0.15) is 5.10 Å². The lowest BCUT2D eigenvalue weighted by atomic mass is 9.89. The first kappa shape index (κ1) is 19.9. The highest BCUT2D eigenvalue weighted by molar-refractivity contribution is 5.94. The number of nitrogens with zero attached hydrogens (tertiary/aromatic N) is 2. The van der Waals surface area contributed by atoms with Gasteiger partial charge in [0.05, 0.1) is 12.0 Å². The summed E-state index contributed by atoms with van der Waals surface area (Å²) in [7, 11) is 0. The SMILES string of the molecule is O=C(NCCNC(=O)C1CCCCC1)c1cc(-c2ccco2)nn1-c1ccccc1. The summed E-state index contributed by atoms with van der Waals surface area (Å²) in [5.41, 5.74) is 1.77. The van der Waals surface area contributed by atoms with Gasteiger partial charge in [-0.1, -0.05) is 37.5 Å². The molecule has 2 amide bonds. The average molecular weight is 406 g/mol. The molecule has 4 rings (SSSR count). The van der Waals surface area contributed by atoms with Crippen molar-refractivity contribution in [2.45, 2.75) is 32.1 Å². The van der Waals surface area contributed by atoms with Crippen molar-refractivity contribution in [3.8, 4) is 17.1 Å². The van der Waals surface area contributed by atoms with Gasteiger partial charge in [-0.05, 0) is 37.1 Å². The summed E-state index contributed by atoms with van der Waals surface area (Å²) in [6, 6.07) is 14.8. The first-order chi connectivity index (χ1) is 14.7. The van der Waals surface area contributed by atoms with Crippen LogP contribution in [-0.2, 0) is 4.79 Å². The van der Waals surface area contributed by atoms with Gasteiger partial charge in [-0.3, -0.25) is 9.59 Å². The molecule has 0 atom stereocenters. The van der Waals surface area contributed by atoms with Gasteiger partial charge in [0.1, 0.15) is 11.4 Å². The van der Waals surface area contributed by atoms with Gasteiger partial charge < -0.3 is 15.1 Å². The number of benzene rings is 1. The minimum Gasteiger partial charge on any atom is -0.463 e. The van der Waals surface area contributed by atoms with Crippen molar-refractivity contribution in [2.24, 2.45) is 5.92 Å². The molecule has 0 spiro atoms. The Kier molecular flexibility index (Phi) is 6.27. The highest BCUT2D eigenvalue weighted by Crippen LogP contribution is 2.24. The van der Waals surface area contributed by atoms with E-state index in [1.54, 1.807) is 29.1 Å². The molecular formula is C23H26N4O3. The summed E-state index contributed by atoms with van der Waals surface area (Å²) in [5.74, 6) is 0.553. The fraction of sp³-hybridized carbons (Fsp3) is 0.348. The van der Waals surface area contributed by atoms with E-state index in [9.17, 15) is 9.59 Å². The Bertz CT molecular complexity index is 973. The van der Waals surface area contributed by atoms with Crippen LogP contribution in [0.15, 0.2) is 59.2 Å². The smallest absolute Gasteiger partial charge is 0.270 e. The fourth-order valence-corrected chi connectivity index (χ4v) is 3.81. The zero-order valence-electron chi connectivity index (χ0n) is 16.8. The molecule has 2 N–H and O–H groups in total. The molecule has 2 heterocycles. The molecule has 0 unspecified atom stereocenters. The van der Waals surface area contributed by atoms with Gasteiger partial charge in [-0.25, -0.2) is 4.68 Å². The molecule has 0 bridgehead atoms. The van der Waals surface area contributed by atoms with Gasteiger partial charge in [-0.15, -0.1) is 0 Å². The third kappa shape index (κ3) is 4.62. The maximum atomic E-state index is 12.9. The van der Waals surface area contributed by atoms with E-state index < -0.39 is 0 Å². The number of carbonyl (C=O) groups is 2. The van der Waals surface area contributed by atoms with Crippen LogP contribution in [0.5, 0.6) is 0 Å². The fourth-order valence-electron chi connectivity index (χ4n) is 3.81. The molecule has 1 aliphatic carbocycles. The molecule has 7 nitrogen and oxygen atoms in total. The van der Waals surface area contributed by atoms with Crippen molar-refractivity contribution in [2.75, 3.05) is 13.1 Å². The van der Waals surface area contributed by atoms with E-state index in [-0.39, 0.29) is 17.7 Å². The Hall–Kier alpha value is -3.35. The molecule has 1 aromatic carbocycles. The first-order valence-electron chi connectivity index (χ1n) is 10.5. The summed E-state index contributed by atoms with van der Waals surface area (Å²) in [5, 5.41) is 10.4. The second kappa shape index (κ2) is 9.43. The Labute approximate surface area is 175 Å². The van der Waals surface area contributed by atoms with Crippen molar-refractivity contribution in [3.63, 3.8) is 0 Å². The number of aromatic nitrogens is 2. The van der Waals surface area contributed by atoms with Crippen molar-refractivity contribution in [1.29, 1.82) is 0 Å². The standard InChI is InChI=1S/C23H26N4O3/c28-22(17-8-3-1-4-9-17)24-13-14-25-23(29)20-16-19(21-12-7-15-30-21)26-27(20)18-10-5-2-6-11-18/h2,5-7,10-12,15-17H,1,3-4,8-9,13-14H2,(H,24,28)(H,25,29). The third-order valence-corrected chi connectivity index (χ3v) is 5.40. The van der Waals surface area contributed by atoms with Gasteiger partial charge in [0.25, 0.3) is 5.91 Å². The summed E-state index contributed by atoms with van der Waals surface area (Å²) < 4.78 is 7.04. The van der Waals surface area contributed by atoms with Gasteiger partial charge in [0.2, 0.25) is 5.91 Å². The molecule has 1 aliphatic rings. The Morgan fingerprint density at radius 2 is 1.77 bits per heavy atom. The number of nitrogens with one attached hydrogen (secondary N) is 2. The average Bonchev–Trinajstić information content (AvgIpc) is 3.48. The normalized spacial score (nSPS) is 14.4. The van der Waals surface area contributed by atoms with Crippen LogP contribution in [0.3, 0.4) is 0 Å². The van der Waals surface area contributed by atoms with E-state index in [1.165, 1.54) is 6.42 Å². The number of hydrogen-bond acceptors (Lipinski definition) is 4. The quantitative estimate of drug-likeness (QED) is 0.587. The zero-order valence-corrected chi connectivity index (χ0v) is 16.8. The van der Waals surface area contributed by atoms with Crippen LogP contribution < -0.4 is 10.6 Å². The number of carbonyl (C=O) groups excluding carboxylic acids is 2. The molecule has 156 valence electrons. The summed E-state index contributed by atoms with van der Waals surface area (Å²) in [6.45, 7) is 0.763. The van der Waals surface area contributed by atoms with Crippen LogP contribution in [0.2, 0.25) is 0 Å². The van der Waals surface area contributed by atoms with Crippen molar-refractivity contribution in [3.05, 3.63) is 60.5 Å². The van der Waals surface area contributed by atoms with E-state index >= 15 is 0 Å². The molecular weight excluding hydrogens is 380 g/mol. The number of para-hydroxylation sites is 1. The lowest BCUT2D eigenvalue weighted by molar-refractivity contribution is -0.125. The second-order valence-electron chi connectivity index (χ2n) is 7.52. The van der Waals surface area contributed by atoms with Crippen LogP contribution in [0, 0.1) is 5.92 Å². The van der Waals surface area contributed by atoms with Crippen molar-refractivity contribution < 1.29 is 14.0 Å². The van der Waals surface area contributed by atoms with E-state index in [2.05, 4.69) is 15.7 Å². The maximum Gasteiger partial charge on any atom is 0.270 e. The van der Waals surface area contributed by atoms with Crippen LogP contribution in [-0.4, -0.2) is 34.7 Å². The molecule has 1 fully saturated rings. The van der Waals surface area contributed by atoms with Crippen LogP contribution in [0.25, 0.3) is 17.1 Å². The molecule has 1 saturated carbocycles. The van der Waals surface area contributed by atoms with E-state index in [0.717, 1.165) is 31.4 Å². The second-order valence-corrected chi connectivity index (χ2v) is 7.52. The molecule has 0 radical (unpaired) electrons. The summed E-state index contributed by atoms with van der Waals surface area (Å²) >= 11 is 0. The number of rotatable bonds is 7. The first-order valence-corrected chi connectivity index (χ1v) is 10.5. The minimum atomic E-state index is -0.254. The largest absolute Gasteiger partial charge is 0.463 e. The van der Waals surface area contributed by atoms with E-state index in [1.807, 2.05) is 30.3 Å². The third-order valence-electron chi connectivity index (χ3n) is 5.40. The molecule has 30 heavy (non-hydrogen) atoms. The van der Waals surface area contributed by atoms with Crippen LogP contribution in [0.4, 0.5) is 0 Å². The molecule has 0 saturated heterocycles. The monoisotopic (exact) mass is 406 g/mol. The van der Waals surface area contributed by atoms with E-state index in [4.69, 9.17) is 4.42 Å². The van der Waals surface area contributed by atoms with Crippen molar-refractivity contribution in [1.82, 2.24) is 20.4 Å². The predicted octanol–water partition coefficient (Wildman–Crippen LogP) is 3.56. The number of hydrogen-bond donors (Lipinski definition) is 2. The molecule has 3 aromatic rings. The van der Waals surface area contributed by atoms with Crippen molar-refractivity contribution >= 4 is 11.8 Å². The highest BCUT2D eigenvalue weighted by Gasteiger charge is 2.21. The maximum absolute atomic E-state index is 12.9. The summed E-state index contributed by atoms with van der Waals surface area (Å²) in [6.07, 6.45) is 6.96. The zero-order chi connectivity index (χ0) is 20.8. The van der Waals surface area contributed by atoms with Gasteiger partial charge >= 0.3 is 0 Å². The van der Waals surface area contributed by atoms with Crippen LogP contribution >= 0.6 is 0 Å². The Morgan fingerprint density at radius 3 is 2.50 bits per heavy atom. The Morgan fingerprint density at radius 1 is 1.00 bits per heavy atom. The predicted molar refractivity (Wildman–Crippen MR) is 113 cm³/mol. The van der Waals surface area contributed by atoms with Gasteiger partial charge in [0, 0.05) is 25.1 Å². The topological polar surface area (TPSA) is 89.2 Å². The molecule has 2 aromatic heterocycles.